The van der Waals surface area contributed by atoms with Gasteiger partial charge >= 0.3 is 0 Å². The first kappa shape index (κ1) is 16.1. The highest BCUT2D eigenvalue weighted by Crippen LogP contribution is 2.31. The number of ketones is 1. The molecule has 0 heterocycles. The Morgan fingerprint density at radius 3 is 2.24 bits per heavy atom. The van der Waals surface area contributed by atoms with Crippen LogP contribution in [0, 0.1) is 11.3 Å². The molecule has 0 aliphatic rings. The molecule has 106 valence electrons. The molecule has 2 aromatic carbocycles. The van der Waals surface area contributed by atoms with E-state index in [1.165, 1.54) is 24.3 Å². The second-order valence-electron chi connectivity index (χ2n) is 4.22. The van der Waals surface area contributed by atoms with Crippen molar-refractivity contribution in [2.45, 2.75) is 5.92 Å². The van der Waals surface area contributed by atoms with E-state index >= 15 is 0 Å². The first-order valence-electron chi connectivity index (χ1n) is 5.78. The number of carbonyl (C=O) groups is 1. The molecule has 0 saturated carbocycles. The average molecular weight is 359 g/mol. The summed E-state index contributed by atoms with van der Waals surface area (Å²) in [5.41, 5.74) is 0.696. The van der Waals surface area contributed by atoms with Crippen molar-refractivity contribution in [3.63, 3.8) is 0 Å². The maximum atomic E-state index is 12.5. The first-order chi connectivity index (χ1) is 9.93. The van der Waals surface area contributed by atoms with Crippen LogP contribution in [-0.2, 0) is 0 Å². The SMILES string of the molecule is N#CC(C(=O)c1ccc(Cl)c(Cl)c1)c1ccc(Cl)cc1Cl. The van der Waals surface area contributed by atoms with Gasteiger partial charge in [0, 0.05) is 15.6 Å². The summed E-state index contributed by atoms with van der Waals surface area (Å²) in [4.78, 5) is 12.5. The van der Waals surface area contributed by atoms with E-state index in [1.54, 1.807) is 12.1 Å². The zero-order valence-corrected chi connectivity index (χ0v) is 13.4. The van der Waals surface area contributed by atoms with Crippen molar-refractivity contribution in [2.24, 2.45) is 0 Å². The van der Waals surface area contributed by atoms with E-state index in [0.717, 1.165) is 0 Å². The molecule has 0 N–H and O–H groups in total. The zero-order chi connectivity index (χ0) is 15.6. The van der Waals surface area contributed by atoms with Crippen molar-refractivity contribution in [2.75, 3.05) is 0 Å². The average Bonchev–Trinajstić information content (AvgIpc) is 2.44. The lowest BCUT2D eigenvalue weighted by molar-refractivity contribution is 0.0979. The Kier molecular flexibility index (Phi) is 5.13. The minimum Gasteiger partial charge on any atom is -0.292 e. The molecule has 0 bridgehead atoms. The van der Waals surface area contributed by atoms with Crippen LogP contribution in [0.3, 0.4) is 0 Å². The molecule has 0 saturated heterocycles. The van der Waals surface area contributed by atoms with E-state index in [1.807, 2.05) is 6.07 Å². The second kappa shape index (κ2) is 6.68. The third-order valence-electron chi connectivity index (χ3n) is 2.87. The lowest BCUT2D eigenvalue weighted by Gasteiger charge is -2.11. The van der Waals surface area contributed by atoms with Gasteiger partial charge < -0.3 is 0 Å². The van der Waals surface area contributed by atoms with Gasteiger partial charge in [-0.15, -0.1) is 0 Å². The number of benzene rings is 2. The Morgan fingerprint density at radius 2 is 1.67 bits per heavy atom. The first-order valence-corrected chi connectivity index (χ1v) is 7.29. The molecule has 2 aromatic rings. The Bertz CT molecular complexity index is 752. The fourth-order valence-electron chi connectivity index (χ4n) is 1.82. The maximum absolute atomic E-state index is 12.5. The van der Waals surface area contributed by atoms with Crippen molar-refractivity contribution >= 4 is 52.2 Å². The molecule has 0 radical (unpaired) electrons. The van der Waals surface area contributed by atoms with Gasteiger partial charge in [-0.1, -0.05) is 52.5 Å². The Hall–Kier alpha value is -1.24. The minimum absolute atomic E-state index is 0.251. The zero-order valence-electron chi connectivity index (χ0n) is 10.4. The fourth-order valence-corrected chi connectivity index (χ4v) is 2.64. The topological polar surface area (TPSA) is 40.9 Å². The van der Waals surface area contributed by atoms with Crippen molar-refractivity contribution < 1.29 is 4.79 Å². The van der Waals surface area contributed by atoms with Crippen LogP contribution in [-0.4, -0.2) is 5.78 Å². The van der Waals surface area contributed by atoms with Gasteiger partial charge in [0.15, 0.2) is 5.78 Å². The summed E-state index contributed by atoms with van der Waals surface area (Å²) in [5.74, 6) is -1.44. The quantitative estimate of drug-likeness (QED) is 0.651. The molecular weight excluding hydrogens is 352 g/mol. The smallest absolute Gasteiger partial charge is 0.184 e. The number of nitriles is 1. The molecule has 2 rings (SSSR count). The van der Waals surface area contributed by atoms with Gasteiger partial charge in [0.05, 0.1) is 16.1 Å². The van der Waals surface area contributed by atoms with Gasteiger partial charge in [0.25, 0.3) is 0 Å². The molecule has 0 fully saturated rings. The van der Waals surface area contributed by atoms with Gasteiger partial charge in [0.2, 0.25) is 0 Å². The largest absolute Gasteiger partial charge is 0.292 e. The lowest BCUT2D eigenvalue weighted by atomic mass is 9.92. The monoisotopic (exact) mass is 357 g/mol. The van der Waals surface area contributed by atoms with Gasteiger partial charge in [-0.05, 0) is 35.9 Å². The summed E-state index contributed by atoms with van der Waals surface area (Å²) in [6, 6.07) is 11.0. The molecule has 0 spiro atoms. The third kappa shape index (κ3) is 3.51. The predicted molar refractivity (Wildman–Crippen MR) is 85.6 cm³/mol. The summed E-state index contributed by atoms with van der Waals surface area (Å²) in [6.07, 6.45) is 0. The number of carbonyl (C=O) groups excluding carboxylic acids is 1. The van der Waals surface area contributed by atoms with Gasteiger partial charge in [-0.3, -0.25) is 4.79 Å². The molecular formula is C15H7Cl4NO. The van der Waals surface area contributed by atoms with E-state index in [4.69, 9.17) is 46.4 Å². The Balaban J connectivity index is 2.43. The summed E-state index contributed by atoms with van der Waals surface area (Å²) in [6.45, 7) is 0. The fraction of sp³-hybridized carbons (Fsp3) is 0.0667. The summed E-state index contributed by atoms with van der Waals surface area (Å²) >= 11 is 23.6. The molecule has 0 aliphatic carbocycles. The molecule has 0 aliphatic heterocycles. The van der Waals surface area contributed by atoms with E-state index in [0.29, 0.717) is 21.2 Å². The van der Waals surface area contributed by atoms with Crippen LogP contribution in [0.4, 0.5) is 0 Å². The van der Waals surface area contributed by atoms with Gasteiger partial charge in [0.1, 0.15) is 5.92 Å². The summed E-state index contributed by atoms with van der Waals surface area (Å²) < 4.78 is 0. The van der Waals surface area contributed by atoms with Crippen molar-refractivity contribution in [3.05, 3.63) is 67.6 Å². The lowest BCUT2D eigenvalue weighted by Crippen LogP contribution is -2.11. The molecule has 2 nitrogen and oxygen atoms in total. The van der Waals surface area contributed by atoms with Crippen LogP contribution in [0.1, 0.15) is 21.8 Å². The standard InChI is InChI=1S/C15H7Cl4NO/c16-9-2-3-10(13(18)6-9)11(7-20)15(21)8-1-4-12(17)14(19)5-8/h1-6,11H. The molecule has 0 amide bonds. The van der Waals surface area contributed by atoms with E-state index in [9.17, 15) is 10.1 Å². The van der Waals surface area contributed by atoms with Crippen LogP contribution in [0.25, 0.3) is 0 Å². The van der Waals surface area contributed by atoms with Crippen LogP contribution in [0.2, 0.25) is 20.1 Å². The molecule has 0 aromatic heterocycles. The van der Waals surface area contributed by atoms with Crippen LogP contribution < -0.4 is 0 Å². The number of rotatable bonds is 3. The highest BCUT2D eigenvalue weighted by atomic mass is 35.5. The predicted octanol–water partition coefficient (Wildman–Crippen LogP) is 5.79. The maximum Gasteiger partial charge on any atom is 0.184 e. The molecule has 21 heavy (non-hydrogen) atoms. The Labute approximate surface area is 141 Å². The van der Waals surface area contributed by atoms with E-state index in [2.05, 4.69) is 0 Å². The minimum atomic E-state index is -1.04. The second-order valence-corrected chi connectivity index (χ2v) is 5.88. The number of Topliss-reactive ketones (excluding diaryl/α,β-unsaturated/α-hetero) is 1. The third-order valence-corrected chi connectivity index (χ3v) is 4.17. The molecule has 1 unspecified atom stereocenters. The Morgan fingerprint density at radius 1 is 0.952 bits per heavy atom. The molecule has 6 heteroatoms. The van der Waals surface area contributed by atoms with E-state index in [-0.39, 0.29) is 10.0 Å². The normalized spacial score (nSPS) is 11.8. The molecule has 1 atom stereocenters. The van der Waals surface area contributed by atoms with Crippen LogP contribution in [0.5, 0.6) is 0 Å². The highest BCUT2D eigenvalue weighted by molar-refractivity contribution is 6.42. The van der Waals surface area contributed by atoms with Crippen LogP contribution in [0.15, 0.2) is 36.4 Å². The van der Waals surface area contributed by atoms with Gasteiger partial charge in [-0.2, -0.15) is 5.26 Å². The highest BCUT2D eigenvalue weighted by Gasteiger charge is 2.24. The number of hydrogen-bond donors (Lipinski definition) is 0. The summed E-state index contributed by atoms with van der Waals surface area (Å²) in [7, 11) is 0. The number of nitrogens with zero attached hydrogens (tertiary/aromatic N) is 1. The van der Waals surface area contributed by atoms with Crippen LogP contribution >= 0.6 is 46.4 Å². The van der Waals surface area contributed by atoms with Gasteiger partial charge in [-0.25, -0.2) is 0 Å². The number of hydrogen-bond acceptors (Lipinski definition) is 2. The van der Waals surface area contributed by atoms with E-state index < -0.39 is 11.7 Å². The van der Waals surface area contributed by atoms with Crippen molar-refractivity contribution in [1.29, 1.82) is 5.26 Å². The van der Waals surface area contributed by atoms with Crippen molar-refractivity contribution in [1.82, 2.24) is 0 Å². The number of halogens is 4. The summed E-state index contributed by atoms with van der Waals surface area (Å²) in [5, 5.41) is 10.6. The van der Waals surface area contributed by atoms with Crippen molar-refractivity contribution in [3.8, 4) is 6.07 Å².